The number of nitrogens with zero attached hydrogens (tertiary/aromatic N) is 2. The number of hydrogen-bond acceptors (Lipinski definition) is 8. The Morgan fingerprint density at radius 1 is 1.13 bits per heavy atom. The lowest BCUT2D eigenvalue weighted by Gasteiger charge is -2.18. The number of thiocarbonyl (C=S) groups is 1. The molecule has 1 atom stereocenters. The number of para-hydroxylation sites is 1. The molecule has 1 saturated heterocycles. The van der Waals surface area contributed by atoms with Gasteiger partial charge in [-0.15, -0.1) is 0 Å². The third kappa shape index (κ3) is 6.60. The quantitative estimate of drug-likeness (QED) is 0.243. The molecular weight excluding hydrogens is 552 g/mol. The van der Waals surface area contributed by atoms with Crippen LogP contribution in [0.2, 0.25) is 5.02 Å². The molecule has 38 heavy (non-hydrogen) atoms. The molecule has 0 aromatic heterocycles. The van der Waals surface area contributed by atoms with Crippen molar-refractivity contribution in [1.29, 1.82) is 0 Å². The van der Waals surface area contributed by atoms with Crippen LogP contribution in [0.15, 0.2) is 72.1 Å². The summed E-state index contributed by atoms with van der Waals surface area (Å²) in [6.07, 6.45) is 3.79. The number of anilines is 2. The maximum atomic E-state index is 13.5. The van der Waals surface area contributed by atoms with Gasteiger partial charge in [-0.05, 0) is 55.3 Å². The van der Waals surface area contributed by atoms with Gasteiger partial charge < -0.3 is 19.5 Å². The summed E-state index contributed by atoms with van der Waals surface area (Å²) in [7, 11) is -4.38. The first-order valence-corrected chi connectivity index (χ1v) is 14.3. The van der Waals surface area contributed by atoms with Crippen LogP contribution in [0.4, 0.5) is 11.4 Å². The summed E-state index contributed by atoms with van der Waals surface area (Å²) in [4.78, 5) is 17.2. The predicted molar refractivity (Wildman–Crippen MR) is 147 cm³/mol. The van der Waals surface area contributed by atoms with E-state index in [0.717, 1.165) is 0 Å². The molecule has 12 heteroatoms. The number of ether oxygens (including phenoxy) is 2. The van der Waals surface area contributed by atoms with Crippen molar-refractivity contribution < 1.29 is 32.3 Å². The normalized spacial score (nSPS) is 19.5. The zero-order valence-corrected chi connectivity index (χ0v) is 22.7. The lowest BCUT2D eigenvalue weighted by Crippen LogP contribution is -2.29. The van der Waals surface area contributed by atoms with Crippen LogP contribution >= 0.6 is 23.8 Å². The van der Waals surface area contributed by atoms with Crippen molar-refractivity contribution in [3.8, 4) is 5.75 Å². The lowest BCUT2D eigenvalue weighted by atomic mass is 9.98. The van der Waals surface area contributed by atoms with Crippen LogP contribution in [0.1, 0.15) is 12.8 Å². The summed E-state index contributed by atoms with van der Waals surface area (Å²) in [6, 6.07) is 14.1. The molecule has 4 rings (SSSR count). The Labute approximate surface area is 231 Å². The van der Waals surface area contributed by atoms with Crippen LogP contribution in [-0.4, -0.2) is 56.5 Å². The number of carbonyl (C=O) groups excluding carboxylic acids is 1. The molecule has 9 nitrogen and oxygen atoms in total. The van der Waals surface area contributed by atoms with E-state index in [1.165, 1.54) is 4.90 Å². The fourth-order valence-corrected chi connectivity index (χ4v) is 5.39. The first kappa shape index (κ1) is 28.2. The topological polar surface area (TPSA) is 116 Å². The predicted octanol–water partition coefficient (Wildman–Crippen LogP) is 3.85. The number of aliphatic hydroxyl groups excluding tert-OH is 1. The summed E-state index contributed by atoms with van der Waals surface area (Å²) < 4.78 is 44.8. The minimum Gasteiger partial charge on any atom is -0.439 e. The minimum absolute atomic E-state index is 0.0741. The zero-order chi connectivity index (χ0) is 27.3. The minimum atomic E-state index is -4.38. The highest BCUT2D eigenvalue weighted by Crippen LogP contribution is 2.41. The molecule has 2 aliphatic heterocycles. The van der Waals surface area contributed by atoms with E-state index in [1.807, 2.05) is 18.2 Å². The average Bonchev–Trinajstić information content (AvgIpc) is 3.33. The highest BCUT2D eigenvalue weighted by atomic mass is 35.5. The van der Waals surface area contributed by atoms with E-state index in [9.17, 15) is 17.8 Å². The second-order valence-electron chi connectivity index (χ2n) is 8.60. The Morgan fingerprint density at radius 3 is 2.61 bits per heavy atom. The molecule has 2 heterocycles. The van der Waals surface area contributed by atoms with Crippen molar-refractivity contribution in [3.63, 3.8) is 0 Å². The molecule has 1 amide bonds. The Balaban J connectivity index is 1.65. The first-order valence-electron chi connectivity index (χ1n) is 11.9. The van der Waals surface area contributed by atoms with Gasteiger partial charge in [0.1, 0.15) is 0 Å². The van der Waals surface area contributed by atoms with E-state index in [0.29, 0.717) is 51.6 Å². The van der Waals surface area contributed by atoms with Gasteiger partial charge in [0.15, 0.2) is 5.75 Å². The van der Waals surface area contributed by atoms with Gasteiger partial charge in [0.25, 0.3) is 16.0 Å². The maximum absolute atomic E-state index is 13.5. The van der Waals surface area contributed by atoms with Crippen LogP contribution in [0.3, 0.4) is 0 Å². The van der Waals surface area contributed by atoms with Crippen molar-refractivity contribution in [2.24, 2.45) is 5.92 Å². The smallest absolute Gasteiger partial charge is 0.294 e. The highest BCUT2D eigenvalue weighted by Gasteiger charge is 2.40. The molecule has 1 unspecified atom stereocenters. The first-order chi connectivity index (χ1) is 18.2. The summed E-state index contributed by atoms with van der Waals surface area (Å²) in [5, 5.41) is 9.48. The summed E-state index contributed by atoms with van der Waals surface area (Å²) in [6.45, 7) is 0.558. The van der Waals surface area contributed by atoms with E-state index in [-0.39, 0.29) is 32.1 Å². The highest BCUT2D eigenvalue weighted by molar-refractivity contribution is 7.85. The van der Waals surface area contributed by atoms with Gasteiger partial charge in [-0.25, -0.2) is 0 Å². The number of amides is 1. The zero-order valence-electron chi connectivity index (χ0n) is 20.3. The molecule has 0 spiro atoms. The van der Waals surface area contributed by atoms with Crippen molar-refractivity contribution in [2.75, 3.05) is 41.9 Å². The van der Waals surface area contributed by atoms with Gasteiger partial charge in [-0.3, -0.25) is 9.69 Å². The monoisotopic (exact) mass is 577 g/mol. The van der Waals surface area contributed by atoms with Crippen LogP contribution in [0.25, 0.3) is 0 Å². The molecular formula is C26H26ClN2O7S2. The van der Waals surface area contributed by atoms with Gasteiger partial charge >= 0.3 is 0 Å². The van der Waals surface area contributed by atoms with Crippen LogP contribution in [0.5, 0.6) is 5.75 Å². The van der Waals surface area contributed by atoms with Crippen LogP contribution < -0.4 is 14.5 Å². The molecule has 1 fully saturated rings. The molecule has 2 aromatic rings. The standard InChI is InChI=1S/C26H26ClN2O7S2/c27-18-7-9-23-22(17-18)28(12-4-16-38(32,33)34)24(36-23)10-8-20-21(11-14-35-15-13-30)26(37)29(25(20)31)19-5-2-1-3-6-19/h1-3,5-10,17,21,30H,4,11-16H2/b20-8?,24-10+. The van der Waals surface area contributed by atoms with Gasteiger partial charge in [0, 0.05) is 35.4 Å². The van der Waals surface area contributed by atoms with E-state index in [1.54, 1.807) is 47.4 Å². The Bertz CT molecular complexity index is 1360. The number of benzene rings is 2. The number of rotatable bonds is 11. The van der Waals surface area contributed by atoms with E-state index in [2.05, 4.69) is 0 Å². The Morgan fingerprint density at radius 2 is 1.89 bits per heavy atom. The van der Waals surface area contributed by atoms with Crippen molar-refractivity contribution in [3.05, 3.63) is 77.2 Å². The number of halogens is 1. The molecule has 0 bridgehead atoms. The SMILES string of the molecule is [O]S(=O)(=O)CCCN1/C(=C\C=C2C(=O)N(c3ccccc3)C(=S)C2CCOCCO)Oc2ccc(Cl)cc21. The Hall–Kier alpha value is -2.80. The van der Waals surface area contributed by atoms with Crippen molar-refractivity contribution >= 4 is 56.2 Å². The Kier molecular flexibility index (Phi) is 9.19. The van der Waals surface area contributed by atoms with Gasteiger partial charge in [0.2, 0.25) is 5.88 Å². The second kappa shape index (κ2) is 12.4. The van der Waals surface area contributed by atoms with E-state index >= 15 is 0 Å². The van der Waals surface area contributed by atoms with Crippen molar-refractivity contribution in [2.45, 2.75) is 12.8 Å². The maximum Gasteiger partial charge on any atom is 0.294 e. The largest absolute Gasteiger partial charge is 0.439 e. The number of allylic oxidation sites excluding steroid dienone is 2. The van der Waals surface area contributed by atoms with Crippen molar-refractivity contribution in [1.82, 2.24) is 0 Å². The molecule has 201 valence electrons. The van der Waals surface area contributed by atoms with Crippen LogP contribution in [0, 0.1) is 5.92 Å². The molecule has 0 aliphatic carbocycles. The third-order valence-electron chi connectivity index (χ3n) is 6.02. The van der Waals surface area contributed by atoms with E-state index in [4.69, 9.17) is 38.4 Å². The molecule has 2 aromatic carbocycles. The van der Waals surface area contributed by atoms with Gasteiger partial charge in [0.05, 0.1) is 29.6 Å². The number of fused-ring (bicyclic) bond motifs is 1. The molecule has 2 aliphatic rings. The number of hydrogen-bond donors (Lipinski definition) is 1. The fraction of sp³-hybridized carbons (Fsp3) is 0.308. The van der Waals surface area contributed by atoms with Gasteiger partial charge in [-0.2, -0.15) is 8.42 Å². The third-order valence-corrected chi connectivity index (χ3v) is 7.51. The van der Waals surface area contributed by atoms with E-state index < -0.39 is 21.8 Å². The number of aliphatic hydroxyl groups is 1. The van der Waals surface area contributed by atoms with Gasteiger partial charge in [-0.1, -0.05) is 46.6 Å². The molecule has 1 N–H and O–H groups in total. The second-order valence-corrected chi connectivity index (χ2v) is 11.0. The lowest BCUT2D eigenvalue weighted by molar-refractivity contribution is -0.113. The molecule has 1 radical (unpaired) electrons. The summed E-state index contributed by atoms with van der Waals surface area (Å²) in [5.74, 6) is -0.344. The fourth-order valence-electron chi connectivity index (χ4n) is 4.31. The average molecular weight is 578 g/mol. The summed E-state index contributed by atoms with van der Waals surface area (Å²) >= 11 is 11.9. The molecule has 0 saturated carbocycles. The van der Waals surface area contributed by atoms with Crippen LogP contribution in [-0.2, 0) is 24.2 Å². The number of carbonyl (C=O) groups is 1. The summed E-state index contributed by atoms with van der Waals surface area (Å²) in [5.41, 5.74) is 1.72.